The number of hydrogen-bond donors (Lipinski definition) is 0. The Hall–Kier alpha value is -1.84. The highest BCUT2D eigenvalue weighted by Crippen LogP contribution is 2.16. The first-order chi connectivity index (χ1) is 8.31. The van der Waals surface area contributed by atoms with Gasteiger partial charge in [0.25, 0.3) is 5.91 Å². The van der Waals surface area contributed by atoms with Gasteiger partial charge in [-0.05, 0) is 12.1 Å². The molecule has 2 rings (SSSR count). The molecule has 1 aromatic rings. The number of benzene rings is 1. The molecule has 1 aliphatic heterocycles. The summed E-state index contributed by atoms with van der Waals surface area (Å²) in [4.78, 5) is 19.1. The Bertz CT molecular complexity index is 384. The second-order valence-electron chi connectivity index (χ2n) is 4.09. The molecule has 0 aliphatic carbocycles. The number of nitrogens with zero attached hydrogens (tertiary/aromatic N) is 2. The van der Waals surface area contributed by atoms with Gasteiger partial charge in [-0.3, -0.25) is 4.79 Å². The molecule has 0 spiro atoms. The molecule has 4 nitrogen and oxygen atoms in total. The lowest BCUT2D eigenvalue weighted by Crippen LogP contribution is -2.40. The Morgan fingerprint density at radius 2 is 1.94 bits per heavy atom. The molecule has 4 heteroatoms. The van der Waals surface area contributed by atoms with E-state index in [1.807, 2.05) is 35.2 Å². The van der Waals surface area contributed by atoms with E-state index in [1.54, 1.807) is 0 Å². The van der Waals surface area contributed by atoms with Gasteiger partial charge in [-0.2, -0.15) is 0 Å². The number of hydrogen-bond acceptors (Lipinski definition) is 3. The third-order valence-corrected chi connectivity index (χ3v) is 2.97. The number of likely N-dealkylation sites (tertiary alicyclic amines) is 1. The quantitative estimate of drug-likeness (QED) is 0.590. The van der Waals surface area contributed by atoms with Gasteiger partial charge in [0, 0.05) is 38.2 Å². The number of rotatable bonds is 3. The fraction of sp³-hybridized carbons (Fsp3) is 0.385. The van der Waals surface area contributed by atoms with Crippen LogP contribution in [-0.4, -0.2) is 36.7 Å². The topological polar surface area (TPSA) is 41.9 Å². The lowest BCUT2D eigenvalue weighted by Gasteiger charge is -2.30. The molecule has 90 valence electrons. The summed E-state index contributed by atoms with van der Waals surface area (Å²) in [5, 5.41) is 3.43. The van der Waals surface area contributed by atoms with Crippen LogP contribution in [0.25, 0.3) is 0 Å². The van der Waals surface area contributed by atoms with Crippen molar-refractivity contribution in [3.05, 3.63) is 35.9 Å². The number of piperidine rings is 1. The second kappa shape index (κ2) is 5.48. The van der Waals surface area contributed by atoms with E-state index in [0.717, 1.165) is 18.4 Å². The third-order valence-electron chi connectivity index (χ3n) is 2.97. The maximum atomic E-state index is 12.1. The molecule has 1 amide bonds. The lowest BCUT2D eigenvalue weighted by molar-refractivity contribution is 0.0128. The highest BCUT2D eigenvalue weighted by Gasteiger charge is 2.24. The van der Waals surface area contributed by atoms with Crippen molar-refractivity contribution < 1.29 is 9.63 Å². The number of amides is 1. The summed E-state index contributed by atoms with van der Waals surface area (Å²) in [7, 11) is 0. The van der Waals surface area contributed by atoms with Crippen LogP contribution < -0.4 is 0 Å². The third kappa shape index (κ3) is 2.84. The fourth-order valence-electron chi connectivity index (χ4n) is 2.03. The summed E-state index contributed by atoms with van der Waals surface area (Å²) < 4.78 is 0. The minimum Gasteiger partial charge on any atom is -0.393 e. The van der Waals surface area contributed by atoms with Gasteiger partial charge in [0.05, 0.1) is 0 Å². The molecule has 1 aliphatic rings. The average molecular weight is 232 g/mol. The lowest BCUT2D eigenvalue weighted by atomic mass is 10.1. The molecular formula is C13H16N2O2. The Labute approximate surface area is 101 Å². The highest BCUT2D eigenvalue weighted by molar-refractivity contribution is 5.94. The van der Waals surface area contributed by atoms with Crippen LogP contribution in [0.1, 0.15) is 23.2 Å². The molecule has 17 heavy (non-hydrogen) atoms. The SMILES string of the molecule is C=NOC1CCN(C(=O)c2ccccc2)CC1. The molecule has 0 aromatic heterocycles. The van der Waals surface area contributed by atoms with Crippen molar-refractivity contribution in [2.24, 2.45) is 5.16 Å². The van der Waals surface area contributed by atoms with Crippen molar-refractivity contribution >= 4 is 12.6 Å². The Kier molecular flexibility index (Phi) is 3.75. The fourth-order valence-corrected chi connectivity index (χ4v) is 2.03. The zero-order valence-electron chi connectivity index (χ0n) is 9.71. The molecule has 0 radical (unpaired) electrons. The maximum absolute atomic E-state index is 12.1. The van der Waals surface area contributed by atoms with Crippen LogP contribution in [0.2, 0.25) is 0 Å². The molecule has 1 aromatic carbocycles. The van der Waals surface area contributed by atoms with Crippen LogP contribution in [0.4, 0.5) is 0 Å². The van der Waals surface area contributed by atoms with Gasteiger partial charge in [0.2, 0.25) is 0 Å². The van der Waals surface area contributed by atoms with Gasteiger partial charge in [0.15, 0.2) is 0 Å². The van der Waals surface area contributed by atoms with Gasteiger partial charge in [-0.15, -0.1) is 5.16 Å². The Balaban J connectivity index is 1.93. The Morgan fingerprint density at radius 1 is 1.29 bits per heavy atom. The van der Waals surface area contributed by atoms with Gasteiger partial charge >= 0.3 is 0 Å². The summed E-state index contributed by atoms with van der Waals surface area (Å²) in [5.74, 6) is 0.0932. The first-order valence-corrected chi connectivity index (χ1v) is 5.77. The summed E-state index contributed by atoms with van der Waals surface area (Å²) in [5.41, 5.74) is 0.744. The van der Waals surface area contributed by atoms with Crippen molar-refractivity contribution in [2.45, 2.75) is 18.9 Å². The molecule has 1 fully saturated rings. The summed E-state index contributed by atoms with van der Waals surface area (Å²) in [6.45, 7) is 4.74. The van der Waals surface area contributed by atoms with Gasteiger partial charge in [-0.1, -0.05) is 18.2 Å². The van der Waals surface area contributed by atoms with E-state index in [2.05, 4.69) is 11.9 Å². The van der Waals surface area contributed by atoms with Crippen LogP contribution >= 0.6 is 0 Å². The van der Waals surface area contributed by atoms with E-state index in [0.29, 0.717) is 13.1 Å². The molecule has 1 saturated heterocycles. The van der Waals surface area contributed by atoms with Crippen molar-refractivity contribution in [3.63, 3.8) is 0 Å². The van der Waals surface area contributed by atoms with E-state index in [1.165, 1.54) is 0 Å². The van der Waals surface area contributed by atoms with Crippen LogP contribution in [0.5, 0.6) is 0 Å². The van der Waals surface area contributed by atoms with Gasteiger partial charge in [-0.25, -0.2) is 0 Å². The Morgan fingerprint density at radius 3 is 2.53 bits per heavy atom. The maximum Gasteiger partial charge on any atom is 0.253 e. The minimum absolute atomic E-state index is 0.0932. The van der Waals surface area contributed by atoms with E-state index in [-0.39, 0.29) is 12.0 Å². The summed E-state index contributed by atoms with van der Waals surface area (Å²) >= 11 is 0. The highest BCUT2D eigenvalue weighted by atomic mass is 16.6. The van der Waals surface area contributed by atoms with E-state index in [4.69, 9.17) is 4.84 Å². The largest absolute Gasteiger partial charge is 0.393 e. The van der Waals surface area contributed by atoms with Crippen molar-refractivity contribution in [2.75, 3.05) is 13.1 Å². The molecular weight excluding hydrogens is 216 g/mol. The average Bonchev–Trinajstić information content (AvgIpc) is 2.40. The molecule has 1 heterocycles. The molecule has 0 atom stereocenters. The zero-order chi connectivity index (χ0) is 12.1. The van der Waals surface area contributed by atoms with E-state index < -0.39 is 0 Å². The zero-order valence-corrected chi connectivity index (χ0v) is 9.71. The number of carbonyl (C=O) groups is 1. The molecule has 0 bridgehead atoms. The second-order valence-corrected chi connectivity index (χ2v) is 4.09. The van der Waals surface area contributed by atoms with Crippen molar-refractivity contribution in [1.82, 2.24) is 4.90 Å². The van der Waals surface area contributed by atoms with Crippen LogP contribution in [-0.2, 0) is 4.84 Å². The first-order valence-electron chi connectivity index (χ1n) is 5.77. The predicted molar refractivity (Wildman–Crippen MR) is 66.0 cm³/mol. The van der Waals surface area contributed by atoms with Gasteiger partial charge < -0.3 is 9.74 Å². The van der Waals surface area contributed by atoms with E-state index in [9.17, 15) is 4.79 Å². The summed E-state index contributed by atoms with van der Waals surface area (Å²) in [6.07, 6.45) is 1.74. The van der Waals surface area contributed by atoms with Crippen LogP contribution in [0.15, 0.2) is 35.5 Å². The number of carbonyl (C=O) groups excluding carboxylic acids is 1. The normalized spacial score (nSPS) is 16.6. The molecule has 0 saturated carbocycles. The smallest absolute Gasteiger partial charge is 0.253 e. The van der Waals surface area contributed by atoms with E-state index >= 15 is 0 Å². The van der Waals surface area contributed by atoms with Crippen LogP contribution in [0, 0.1) is 0 Å². The van der Waals surface area contributed by atoms with Crippen molar-refractivity contribution in [3.8, 4) is 0 Å². The predicted octanol–water partition coefficient (Wildman–Crippen LogP) is 1.92. The first kappa shape index (κ1) is 11.6. The minimum atomic E-state index is 0.0932. The number of oxime groups is 1. The van der Waals surface area contributed by atoms with Crippen LogP contribution in [0.3, 0.4) is 0 Å². The van der Waals surface area contributed by atoms with Gasteiger partial charge in [0.1, 0.15) is 6.10 Å². The van der Waals surface area contributed by atoms with Crippen molar-refractivity contribution in [1.29, 1.82) is 0 Å². The molecule has 0 unspecified atom stereocenters. The summed E-state index contributed by atoms with van der Waals surface area (Å²) in [6, 6.07) is 9.36. The molecule has 0 N–H and O–H groups in total. The monoisotopic (exact) mass is 232 g/mol. The standard InChI is InChI=1S/C13H16N2O2/c1-14-17-12-7-9-15(10-8-12)13(16)11-5-3-2-4-6-11/h2-6,12H,1,7-10H2.